The normalized spacial score (nSPS) is 14.0. The minimum Gasteiger partial charge on any atom is -0.506 e. The van der Waals surface area contributed by atoms with Crippen molar-refractivity contribution in [1.29, 1.82) is 0 Å². The van der Waals surface area contributed by atoms with Crippen molar-refractivity contribution in [3.05, 3.63) is 75.1 Å². The summed E-state index contributed by atoms with van der Waals surface area (Å²) < 4.78 is 20.5. The monoisotopic (exact) mass is 395 g/mol. The lowest BCUT2D eigenvalue weighted by Crippen LogP contribution is -2.23. The largest absolute Gasteiger partial charge is 0.506 e. The molecule has 1 N–H and O–H groups in total. The van der Waals surface area contributed by atoms with Gasteiger partial charge in [-0.25, -0.2) is 9.18 Å². The lowest BCUT2D eigenvalue weighted by molar-refractivity contribution is 0.460. The van der Waals surface area contributed by atoms with Gasteiger partial charge >= 0.3 is 5.63 Å². The first-order valence-corrected chi connectivity index (χ1v) is 9.62. The average molecular weight is 395 g/mol. The molecule has 0 aliphatic heterocycles. The standard InChI is InChI=1S/C21H14FNO4S/c22-11-4-3-5-13(10-11)28-19-18(24)16-17(23(20(19)25)12-8-9-12)14-6-1-2-7-15(14)27-21(16)26/h1-7,10,12,24H,8-9H2. The van der Waals surface area contributed by atoms with Crippen molar-refractivity contribution in [3.8, 4) is 5.75 Å². The predicted molar refractivity (Wildman–Crippen MR) is 105 cm³/mol. The molecule has 0 saturated heterocycles. The summed E-state index contributed by atoms with van der Waals surface area (Å²) in [7, 11) is 0. The summed E-state index contributed by atoms with van der Waals surface area (Å²) in [5.41, 5.74) is -0.349. The molecule has 0 unspecified atom stereocenters. The van der Waals surface area contributed by atoms with Crippen LogP contribution in [0, 0.1) is 5.82 Å². The van der Waals surface area contributed by atoms with E-state index in [0.717, 1.165) is 24.6 Å². The Morgan fingerprint density at radius 2 is 1.89 bits per heavy atom. The van der Waals surface area contributed by atoms with E-state index < -0.39 is 22.8 Å². The second-order valence-corrected chi connectivity index (χ2v) is 7.84. The molecule has 1 aliphatic rings. The van der Waals surface area contributed by atoms with Crippen LogP contribution in [-0.2, 0) is 0 Å². The van der Waals surface area contributed by atoms with Crippen molar-refractivity contribution in [1.82, 2.24) is 4.57 Å². The highest BCUT2D eigenvalue weighted by Gasteiger charge is 2.31. The first kappa shape index (κ1) is 17.1. The van der Waals surface area contributed by atoms with Crippen LogP contribution >= 0.6 is 11.8 Å². The van der Waals surface area contributed by atoms with Gasteiger partial charge in [-0.3, -0.25) is 4.79 Å². The van der Waals surface area contributed by atoms with Gasteiger partial charge in [0, 0.05) is 16.3 Å². The molecule has 5 rings (SSSR count). The average Bonchev–Trinajstić information content (AvgIpc) is 3.50. The first-order valence-electron chi connectivity index (χ1n) is 8.81. The van der Waals surface area contributed by atoms with Crippen LogP contribution in [0.3, 0.4) is 0 Å². The fourth-order valence-corrected chi connectivity index (χ4v) is 4.38. The van der Waals surface area contributed by atoms with Crippen LogP contribution in [0.15, 0.2) is 72.3 Å². The highest BCUT2D eigenvalue weighted by atomic mass is 32.2. The highest BCUT2D eigenvalue weighted by molar-refractivity contribution is 7.99. The Balaban J connectivity index is 1.89. The highest BCUT2D eigenvalue weighted by Crippen LogP contribution is 2.42. The van der Waals surface area contributed by atoms with Crippen molar-refractivity contribution in [2.75, 3.05) is 0 Å². The molecular formula is C21H14FNO4S. The van der Waals surface area contributed by atoms with Gasteiger partial charge in [0.15, 0.2) is 5.75 Å². The van der Waals surface area contributed by atoms with E-state index in [1.54, 1.807) is 34.9 Å². The fourth-order valence-electron chi connectivity index (χ4n) is 3.44. The number of halogens is 1. The third-order valence-corrected chi connectivity index (χ3v) is 5.88. The number of hydrogen-bond acceptors (Lipinski definition) is 5. The number of aromatic nitrogens is 1. The Morgan fingerprint density at radius 1 is 1.11 bits per heavy atom. The van der Waals surface area contributed by atoms with Gasteiger partial charge in [0.05, 0.1) is 5.52 Å². The van der Waals surface area contributed by atoms with Crippen LogP contribution in [0.25, 0.3) is 21.9 Å². The molecule has 0 radical (unpaired) electrons. The number of aromatic hydroxyl groups is 1. The summed E-state index contributed by atoms with van der Waals surface area (Å²) in [4.78, 5) is 26.4. The molecule has 1 fully saturated rings. The van der Waals surface area contributed by atoms with E-state index in [1.807, 2.05) is 0 Å². The van der Waals surface area contributed by atoms with E-state index >= 15 is 0 Å². The summed E-state index contributed by atoms with van der Waals surface area (Å²) in [5.74, 6) is -0.871. The molecule has 2 aromatic carbocycles. The van der Waals surface area contributed by atoms with E-state index in [2.05, 4.69) is 0 Å². The first-order chi connectivity index (χ1) is 13.5. The second kappa shape index (κ2) is 6.24. The summed E-state index contributed by atoms with van der Waals surface area (Å²) in [5, 5.41) is 11.4. The number of fused-ring (bicyclic) bond motifs is 3. The molecule has 0 bridgehead atoms. The molecule has 0 spiro atoms. The van der Waals surface area contributed by atoms with E-state index in [9.17, 15) is 19.1 Å². The molecule has 2 heterocycles. The SMILES string of the molecule is O=c1oc2ccccc2c2c1c(O)c(Sc1cccc(F)c1)c(=O)n2C1CC1. The topological polar surface area (TPSA) is 72.4 Å². The Morgan fingerprint density at radius 3 is 2.64 bits per heavy atom. The van der Waals surface area contributed by atoms with Crippen molar-refractivity contribution >= 4 is 33.6 Å². The van der Waals surface area contributed by atoms with E-state index in [4.69, 9.17) is 4.42 Å². The van der Waals surface area contributed by atoms with Gasteiger partial charge in [0.25, 0.3) is 5.56 Å². The van der Waals surface area contributed by atoms with Gasteiger partial charge in [-0.2, -0.15) is 0 Å². The maximum atomic E-state index is 13.6. The van der Waals surface area contributed by atoms with Gasteiger partial charge in [-0.1, -0.05) is 30.0 Å². The minimum absolute atomic E-state index is 0.00687. The number of hydrogen-bond donors (Lipinski definition) is 1. The zero-order chi connectivity index (χ0) is 19.4. The Bertz CT molecular complexity index is 1370. The van der Waals surface area contributed by atoms with Gasteiger partial charge in [0.1, 0.15) is 21.7 Å². The molecule has 7 heteroatoms. The lowest BCUT2D eigenvalue weighted by Gasteiger charge is -2.15. The van der Waals surface area contributed by atoms with Crippen molar-refractivity contribution in [3.63, 3.8) is 0 Å². The van der Waals surface area contributed by atoms with Crippen LogP contribution in [-0.4, -0.2) is 9.67 Å². The van der Waals surface area contributed by atoms with Crippen LogP contribution in [0.2, 0.25) is 0 Å². The quantitative estimate of drug-likeness (QED) is 0.410. The summed E-state index contributed by atoms with van der Waals surface area (Å²) >= 11 is 0.939. The zero-order valence-corrected chi connectivity index (χ0v) is 15.3. The van der Waals surface area contributed by atoms with E-state index in [1.165, 1.54) is 18.2 Å². The molecule has 2 aromatic heterocycles. The van der Waals surface area contributed by atoms with Gasteiger partial charge < -0.3 is 14.1 Å². The summed E-state index contributed by atoms with van der Waals surface area (Å²) in [6.45, 7) is 0. The molecule has 1 saturated carbocycles. The molecular weight excluding hydrogens is 381 g/mol. The van der Waals surface area contributed by atoms with Gasteiger partial charge in [-0.15, -0.1) is 0 Å². The van der Waals surface area contributed by atoms with Crippen LogP contribution < -0.4 is 11.2 Å². The maximum Gasteiger partial charge on any atom is 0.349 e. The van der Waals surface area contributed by atoms with E-state index in [0.29, 0.717) is 21.4 Å². The third-order valence-electron chi connectivity index (χ3n) is 4.82. The van der Waals surface area contributed by atoms with Gasteiger partial charge in [0.2, 0.25) is 0 Å². The number of rotatable bonds is 3. The number of nitrogens with zero attached hydrogens (tertiary/aromatic N) is 1. The van der Waals surface area contributed by atoms with Crippen molar-refractivity contribution in [2.24, 2.45) is 0 Å². The molecule has 28 heavy (non-hydrogen) atoms. The van der Waals surface area contributed by atoms with Crippen LogP contribution in [0.1, 0.15) is 18.9 Å². The molecule has 1 aliphatic carbocycles. The van der Waals surface area contributed by atoms with Crippen LogP contribution in [0.4, 0.5) is 4.39 Å². The van der Waals surface area contributed by atoms with Crippen molar-refractivity contribution in [2.45, 2.75) is 28.7 Å². The predicted octanol–water partition coefficient (Wildman–Crippen LogP) is 4.44. The van der Waals surface area contributed by atoms with Crippen molar-refractivity contribution < 1.29 is 13.9 Å². The van der Waals surface area contributed by atoms with Crippen LogP contribution in [0.5, 0.6) is 5.75 Å². The number of pyridine rings is 1. The molecule has 5 nitrogen and oxygen atoms in total. The third kappa shape index (κ3) is 2.62. The zero-order valence-electron chi connectivity index (χ0n) is 14.5. The fraction of sp³-hybridized carbons (Fsp3) is 0.143. The molecule has 4 aromatic rings. The number of benzene rings is 2. The maximum absolute atomic E-state index is 13.6. The second-order valence-electron chi connectivity index (χ2n) is 6.75. The Kier molecular flexibility index (Phi) is 3.80. The Labute approximate surface area is 162 Å². The molecule has 0 amide bonds. The smallest absolute Gasteiger partial charge is 0.349 e. The summed E-state index contributed by atoms with van der Waals surface area (Å²) in [6, 6.07) is 12.7. The molecule has 0 atom stereocenters. The number of para-hydroxylation sites is 1. The molecule has 140 valence electrons. The lowest BCUT2D eigenvalue weighted by atomic mass is 10.1. The Hall–Kier alpha value is -3.06. The van der Waals surface area contributed by atoms with E-state index in [-0.39, 0.29) is 16.3 Å². The van der Waals surface area contributed by atoms with Gasteiger partial charge in [-0.05, 0) is 43.2 Å². The minimum atomic E-state index is -0.707. The summed E-state index contributed by atoms with van der Waals surface area (Å²) in [6.07, 6.45) is 1.64.